The maximum Gasteiger partial charge on any atom is 0.272 e. The molecule has 0 saturated carbocycles. The van der Waals surface area contributed by atoms with E-state index in [4.69, 9.17) is 9.15 Å². The van der Waals surface area contributed by atoms with Crippen molar-refractivity contribution in [2.75, 3.05) is 26.3 Å². The van der Waals surface area contributed by atoms with E-state index in [0.29, 0.717) is 37.9 Å². The molecule has 0 aliphatic carbocycles. The highest BCUT2D eigenvalue weighted by Gasteiger charge is 2.21. The second kappa shape index (κ2) is 6.21. The lowest BCUT2D eigenvalue weighted by Crippen LogP contribution is -2.41. The maximum atomic E-state index is 12.9. The fourth-order valence-electron chi connectivity index (χ4n) is 3.46. The Morgan fingerprint density at radius 2 is 1.93 bits per heavy atom. The molecule has 4 aromatic rings. The number of hydrogen-bond acceptors (Lipinski definition) is 5. The third kappa shape index (κ3) is 2.76. The molecule has 7 nitrogen and oxygen atoms in total. The van der Waals surface area contributed by atoms with Gasteiger partial charge in [0, 0.05) is 26.2 Å². The molecule has 4 heterocycles. The molecular formula is C20H18N4O3. The van der Waals surface area contributed by atoms with Gasteiger partial charge in [0.05, 0.1) is 19.4 Å². The van der Waals surface area contributed by atoms with Gasteiger partial charge >= 0.3 is 0 Å². The Labute approximate surface area is 155 Å². The molecule has 0 atom stereocenters. The van der Waals surface area contributed by atoms with E-state index in [-0.39, 0.29) is 5.91 Å². The van der Waals surface area contributed by atoms with Crippen molar-refractivity contribution in [2.24, 2.45) is 0 Å². The van der Waals surface area contributed by atoms with E-state index < -0.39 is 0 Å². The highest BCUT2D eigenvalue weighted by Crippen LogP contribution is 2.25. The summed E-state index contributed by atoms with van der Waals surface area (Å²) in [6, 6.07) is 9.83. The Balaban J connectivity index is 1.56. The lowest BCUT2D eigenvalue weighted by atomic mass is 10.1. The van der Waals surface area contributed by atoms with Crippen LogP contribution >= 0.6 is 0 Å². The summed E-state index contributed by atoms with van der Waals surface area (Å²) in [5, 5.41) is 0. The quantitative estimate of drug-likeness (QED) is 0.548. The van der Waals surface area contributed by atoms with Gasteiger partial charge in [-0.2, -0.15) is 0 Å². The number of aromatic nitrogens is 3. The minimum atomic E-state index is -0.0227. The summed E-state index contributed by atoms with van der Waals surface area (Å²) in [5.41, 5.74) is 4.89. The maximum absolute atomic E-state index is 12.9. The number of rotatable bonds is 2. The van der Waals surface area contributed by atoms with Crippen LogP contribution in [0.4, 0.5) is 0 Å². The molecule has 136 valence electrons. The molecule has 27 heavy (non-hydrogen) atoms. The van der Waals surface area contributed by atoms with Crippen molar-refractivity contribution in [3.8, 4) is 11.1 Å². The molecular weight excluding hydrogens is 344 g/mol. The number of pyridine rings is 1. The normalized spacial score (nSPS) is 14.9. The van der Waals surface area contributed by atoms with Crippen molar-refractivity contribution in [3.63, 3.8) is 0 Å². The summed E-state index contributed by atoms with van der Waals surface area (Å²) in [5.74, 6) is 0.621. The van der Waals surface area contributed by atoms with Gasteiger partial charge in [0.2, 0.25) is 0 Å². The first-order valence-electron chi connectivity index (χ1n) is 8.91. The summed E-state index contributed by atoms with van der Waals surface area (Å²) >= 11 is 0. The van der Waals surface area contributed by atoms with Crippen molar-refractivity contribution in [3.05, 3.63) is 54.3 Å². The SMILES string of the molecule is Cc1nc2cc(-c3ccc4ncc(C(=O)N5CCOCC5)n4c3)ccc2o1. The van der Waals surface area contributed by atoms with E-state index >= 15 is 0 Å². The van der Waals surface area contributed by atoms with Gasteiger partial charge in [-0.05, 0) is 35.4 Å². The second-order valence-electron chi connectivity index (χ2n) is 6.61. The predicted molar refractivity (Wildman–Crippen MR) is 99.7 cm³/mol. The van der Waals surface area contributed by atoms with E-state index in [1.54, 1.807) is 6.20 Å². The zero-order valence-corrected chi connectivity index (χ0v) is 14.9. The third-order valence-electron chi connectivity index (χ3n) is 4.85. The van der Waals surface area contributed by atoms with Crippen LogP contribution in [-0.4, -0.2) is 51.5 Å². The van der Waals surface area contributed by atoms with E-state index in [2.05, 4.69) is 9.97 Å². The largest absolute Gasteiger partial charge is 0.441 e. The lowest BCUT2D eigenvalue weighted by Gasteiger charge is -2.26. The lowest BCUT2D eigenvalue weighted by molar-refractivity contribution is 0.0298. The smallest absolute Gasteiger partial charge is 0.272 e. The van der Waals surface area contributed by atoms with E-state index in [9.17, 15) is 4.79 Å². The number of fused-ring (bicyclic) bond motifs is 2. The Morgan fingerprint density at radius 1 is 1.11 bits per heavy atom. The first-order chi connectivity index (χ1) is 13.2. The number of benzene rings is 1. The van der Waals surface area contributed by atoms with Gasteiger partial charge in [-0.3, -0.25) is 9.20 Å². The van der Waals surface area contributed by atoms with Gasteiger partial charge < -0.3 is 14.1 Å². The average Bonchev–Trinajstić information content (AvgIpc) is 3.29. The topological polar surface area (TPSA) is 72.9 Å². The number of carbonyl (C=O) groups excluding carboxylic acids is 1. The van der Waals surface area contributed by atoms with Gasteiger partial charge in [-0.1, -0.05) is 6.07 Å². The van der Waals surface area contributed by atoms with E-state index in [0.717, 1.165) is 27.9 Å². The second-order valence-corrected chi connectivity index (χ2v) is 6.61. The first-order valence-corrected chi connectivity index (χ1v) is 8.91. The number of nitrogens with zero attached hydrogens (tertiary/aromatic N) is 4. The molecule has 5 rings (SSSR count). The number of hydrogen-bond donors (Lipinski definition) is 0. The Bertz CT molecular complexity index is 1150. The molecule has 1 aliphatic heterocycles. The fourth-order valence-corrected chi connectivity index (χ4v) is 3.46. The molecule has 0 N–H and O–H groups in total. The van der Waals surface area contributed by atoms with Crippen LogP contribution in [0.1, 0.15) is 16.4 Å². The van der Waals surface area contributed by atoms with Crippen molar-refractivity contribution >= 4 is 22.7 Å². The molecule has 0 bridgehead atoms. The van der Waals surface area contributed by atoms with Crippen LogP contribution in [0.25, 0.3) is 27.9 Å². The number of morpholine rings is 1. The Kier molecular flexibility index (Phi) is 3.68. The number of imidazole rings is 1. The molecule has 7 heteroatoms. The summed E-state index contributed by atoms with van der Waals surface area (Å²) < 4.78 is 12.7. The fraction of sp³-hybridized carbons (Fsp3) is 0.250. The molecule has 1 amide bonds. The van der Waals surface area contributed by atoms with Crippen molar-refractivity contribution < 1.29 is 13.9 Å². The zero-order chi connectivity index (χ0) is 18.4. The molecule has 0 unspecified atom stereocenters. The minimum absolute atomic E-state index is 0.0227. The summed E-state index contributed by atoms with van der Waals surface area (Å²) in [7, 11) is 0. The van der Waals surface area contributed by atoms with Crippen molar-refractivity contribution in [1.82, 2.24) is 19.3 Å². The van der Waals surface area contributed by atoms with Crippen molar-refractivity contribution in [2.45, 2.75) is 6.92 Å². The van der Waals surface area contributed by atoms with Crippen LogP contribution in [0.3, 0.4) is 0 Å². The Morgan fingerprint density at radius 3 is 2.78 bits per heavy atom. The molecule has 0 radical (unpaired) electrons. The molecule has 1 aliphatic rings. The monoisotopic (exact) mass is 362 g/mol. The number of amides is 1. The van der Waals surface area contributed by atoms with Crippen LogP contribution in [0.2, 0.25) is 0 Å². The third-order valence-corrected chi connectivity index (χ3v) is 4.85. The summed E-state index contributed by atoms with van der Waals surface area (Å²) in [6.45, 7) is 4.19. The van der Waals surface area contributed by atoms with Gasteiger partial charge in [0.25, 0.3) is 5.91 Å². The number of carbonyl (C=O) groups is 1. The number of oxazole rings is 1. The van der Waals surface area contributed by atoms with Crippen LogP contribution in [-0.2, 0) is 4.74 Å². The predicted octanol–water partition coefficient (Wildman–Crippen LogP) is 2.92. The number of aryl methyl sites for hydroxylation is 1. The van der Waals surface area contributed by atoms with Crippen LogP contribution < -0.4 is 0 Å². The Hall–Kier alpha value is -3.19. The summed E-state index contributed by atoms with van der Waals surface area (Å²) in [6.07, 6.45) is 3.59. The van der Waals surface area contributed by atoms with Crippen LogP contribution in [0, 0.1) is 6.92 Å². The van der Waals surface area contributed by atoms with Crippen molar-refractivity contribution in [1.29, 1.82) is 0 Å². The van der Waals surface area contributed by atoms with Crippen LogP contribution in [0.5, 0.6) is 0 Å². The first kappa shape index (κ1) is 16.0. The molecule has 0 spiro atoms. The summed E-state index contributed by atoms with van der Waals surface area (Å²) in [4.78, 5) is 23.5. The molecule has 1 fully saturated rings. The van der Waals surface area contributed by atoms with Gasteiger partial charge in [-0.15, -0.1) is 0 Å². The van der Waals surface area contributed by atoms with Gasteiger partial charge in [-0.25, -0.2) is 9.97 Å². The molecule has 1 saturated heterocycles. The highest BCUT2D eigenvalue weighted by atomic mass is 16.5. The highest BCUT2D eigenvalue weighted by molar-refractivity contribution is 5.93. The number of ether oxygens (including phenoxy) is 1. The van der Waals surface area contributed by atoms with E-state index in [1.165, 1.54) is 0 Å². The average molecular weight is 362 g/mol. The minimum Gasteiger partial charge on any atom is -0.441 e. The van der Waals surface area contributed by atoms with Gasteiger partial charge in [0.15, 0.2) is 11.5 Å². The van der Waals surface area contributed by atoms with Crippen LogP contribution in [0.15, 0.2) is 47.1 Å². The zero-order valence-electron chi connectivity index (χ0n) is 14.9. The van der Waals surface area contributed by atoms with E-state index in [1.807, 2.05) is 52.8 Å². The van der Waals surface area contributed by atoms with Gasteiger partial charge in [0.1, 0.15) is 16.9 Å². The molecule has 1 aromatic carbocycles. The molecule has 3 aromatic heterocycles. The standard InChI is InChI=1S/C20H18N4O3/c1-13-22-16-10-14(2-4-18(16)27-13)15-3-5-19-21-11-17(24(19)12-15)20(25)23-6-8-26-9-7-23/h2-5,10-12H,6-9H2,1H3.